The van der Waals surface area contributed by atoms with Gasteiger partial charge >= 0.3 is 0 Å². The molecule has 102 valence electrons. The lowest BCUT2D eigenvalue weighted by molar-refractivity contribution is 0.0958. The molecule has 6 heteroatoms. The number of nitrogens with two attached hydrogens (primary N) is 1. The van der Waals surface area contributed by atoms with Gasteiger partial charge in [-0.25, -0.2) is 0 Å². The van der Waals surface area contributed by atoms with Crippen LogP contribution in [0.4, 0.5) is 10.7 Å². The average Bonchev–Trinajstić information content (AvgIpc) is 2.67. The van der Waals surface area contributed by atoms with Gasteiger partial charge in [0.15, 0.2) is 0 Å². The minimum Gasteiger partial charge on any atom is -0.396 e. The molecule has 0 aliphatic heterocycles. The molecule has 1 aliphatic carbocycles. The summed E-state index contributed by atoms with van der Waals surface area (Å²) in [5.41, 5.74) is 6.61. The molecule has 1 aromatic heterocycles. The molecule has 5 nitrogen and oxygen atoms in total. The molecule has 0 bridgehead atoms. The Morgan fingerprint density at radius 1 is 1.58 bits per heavy atom. The molecular weight excluding hydrogens is 260 g/mol. The van der Waals surface area contributed by atoms with Gasteiger partial charge < -0.3 is 16.4 Å². The molecule has 0 aromatic carbocycles. The van der Waals surface area contributed by atoms with Crippen molar-refractivity contribution in [3.63, 3.8) is 0 Å². The quantitative estimate of drug-likeness (QED) is 0.770. The number of rotatable bonds is 5. The van der Waals surface area contributed by atoms with E-state index in [4.69, 9.17) is 5.73 Å². The fraction of sp³-hybridized carbons (Fsp3) is 0.538. The van der Waals surface area contributed by atoms with E-state index in [0.717, 1.165) is 24.3 Å². The van der Waals surface area contributed by atoms with Gasteiger partial charge in [0, 0.05) is 12.6 Å². The molecule has 1 amide bonds. The summed E-state index contributed by atoms with van der Waals surface area (Å²) >= 11 is 1.28. The van der Waals surface area contributed by atoms with Crippen LogP contribution in [-0.2, 0) is 0 Å². The highest BCUT2D eigenvalue weighted by Crippen LogP contribution is 2.37. The zero-order valence-electron chi connectivity index (χ0n) is 11.0. The van der Waals surface area contributed by atoms with E-state index in [2.05, 4.69) is 16.7 Å². The predicted molar refractivity (Wildman–Crippen MR) is 77.3 cm³/mol. The van der Waals surface area contributed by atoms with Crippen molar-refractivity contribution in [2.45, 2.75) is 38.6 Å². The Balaban J connectivity index is 2.19. The zero-order chi connectivity index (χ0) is 13.8. The van der Waals surface area contributed by atoms with Crippen LogP contribution >= 0.6 is 11.3 Å². The number of nitrogens with zero attached hydrogens (tertiary/aromatic N) is 1. The Morgan fingerprint density at radius 2 is 2.32 bits per heavy atom. The van der Waals surface area contributed by atoms with Gasteiger partial charge in [-0.05, 0) is 25.7 Å². The van der Waals surface area contributed by atoms with E-state index < -0.39 is 0 Å². The summed E-state index contributed by atoms with van der Waals surface area (Å²) in [4.78, 5) is 12.4. The van der Waals surface area contributed by atoms with Crippen molar-refractivity contribution in [3.05, 3.63) is 10.4 Å². The van der Waals surface area contributed by atoms with Crippen molar-refractivity contribution in [2.24, 2.45) is 0 Å². The minimum absolute atomic E-state index is 0.192. The van der Waals surface area contributed by atoms with Crippen LogP contribution in [0.5, 0.6) is 0 Å². The van der Waals surface area contributed by atoms with Crippen molar-refractivity contribution in [1.29, 1.82) is 5.26 Å². The molecule has 1 saturated carbocycles. The Labute approximate surface area is 116 Å². The first-order valence-electron chi connectivity index (χ1n) is 6.54. The van der Waals surface area contributed by atoms with E-state index in [1.165, 1.54) is 17.8 Å². The SMILES string of the molecule is CCCNC(=O)c1sc(NC2CCC2)c(C#N)c1N. The largest absolute Gasteiger partial charge is 0.396 e. The first-order valence-corrected chi connectivity index (χ1v) is 7.36. The number of carbonyl (C=O) groups excluding carboxylic acids is 1. The van der Waals surface area contributed by atoms with Gasteiger partial charge in [0.2, 0.25) is 0 Å². The third kappa shape index (κ3) is 2.82. The van der Waals surface area contributed by atoms with Gasteiger partial charge in [-0.1, -0.05) is 6.92 Å². The number of nitrogens with one attached hydrogen (secondary N) is 2. The monoisotopic (exact) mass is 278 g/mol. The smallest absolute Gasteiger partial charge is 0.263 e. The molecule has 0 spiro atoms. The highest BCUT2D eigenvalue weighted by molar-refractivity contribution is 7.19. The number of thiophene rings is 1. The van der Waals surface area contributed by atoms with Crippen LogP contribution in [-0.4, -0.2) is 18.5 Å². The predicted octanol–water partition coefficient (Wildman–Crippen LogP) is 2.31. The molecule has 1 fully saturated rings. The van der Waals surface area contributed by atoms with Gasteiger partial charge in [-0.3, -0.25) is 4.79 Å². The van der Waals surface area contributed by atoms with Gasteiger partial charge in [0.1, 0.15) is 21.5 Å². The van der Waals surface area contributed by atoms with E-state index in [1.807, 2.05) is 6.92 Å². The maximum Gasteiger partial charge on any atom is 0.263 e. The van der Waals surface area contributed by atoms with E-state index in [9.17, 15) is 10.1 Å². The molecule has 2 rings (SSSR count). The highest BCUT2D eigenvalue weighted by atomic mass is 32.1. The van der Waals surface area contributed by atoms with Crippen LogP contribution in [0.2, 0.25) is 0 Å². The lowest BCUT2D eigenvalue weighted by Gasteiger charge is -2.26. The lowest BCUT2D eigenvalue weighted by Crippen LogP contribution is -2.26. The molecule has 4 N–H and O–H groups in total. The first-order chi connectivity index (χ1) is 9.17. The molecule has 0 radical (unpaired) electrons. The maximum atomic E-state index is 12.0. The molecular formula is C13H18N4OS. The van der Waals surface area contributed by atoms with Gasteiger partial charge in [-0.2, -0.15) is 5.26 Å². The highest BCUT2D eigenvalue weighted by Gasteiger charge is 2.24. The number of anilines is 2. The number of carbonyl (C=O) groups is 1. The fourth-order valence-corrected chi connectivity index (χ4v) is 2.95. The molecule has 0 atom stereocenters. The number of hydrogen-bond donors (Lipinski definition) is 3. The molecule has 19 heavy (non-hydrogen) atoms. The van der Waals surface area contributed by atoms with Gasteiger partial charge in [0.25, 0.3) is 5.91 Å². The third-order valence-electron chi connectivity index (χ3n) is 3.24. The summed E-state index contributed by atoms with van der Waals surface area (Å²) < 4.78 is 0. The molecule has 1 aromatic rings. The standard InChI is InChI=1S/C13H18N4OS/c1-2-6-16-12(18)11-10(15)9(7-14)13(19-11)17-8-4-3-5-8/h8,17H,2-6,15H2,1H3,(H,16,18). The summed E-state index contributed by atoms with van der Waals surface area (Å²) in [5, 5.41) is 16.0. The molecule has 0 saturated heterocycles. The number of nitriles is 1. The van der Waals surface area contributed by atoms with Crippen LogP contribution in [0.3, 0.4) is 0 Å². The van der Waals surface area contributed by atoms with Gasteiger partial charge in [-0.15, -0.1) is 11.3 Å². The lowest BCUT2D eigenvalue weighted by atomic mass is 9.93. The zero-order valence-corrected chi connectivity index (χ0v) is 11.8. The van der Waals surface area contributed by atoms with Crippen molar-refractivity contribution in [1.82, 2.24) is 5.32 Å². The fourth-order valence-electron chi connectivity index (χ4n) is 1.88. The summed E-state index contributed by atoms with van der Waals surface area (Å²) in [6, 6.07) is 2.51. The summed E-state index contributed by atoms with van der Waals surface area (Å²) in [5.74, 6) is -0.192. The van der Waals surface area contributed by atoms with E-state index in [-0.39, 0.29) is 5.91 Å². The number of amides is 1. The van der Waals surface area contributed by atoms with Crippen LogP contribution in [0.25, 0.3) is 0 Å². The van der Waals surface area contributed by atoms with Crippen LogP contribution in [0.15, 0.2) is 0 Å². The normalized spacial score (nSPS) is 14.5. The number of nitrogen functional groups attached to an aromatic ring is 1. The van der Waals surface area contributed by atoms with E-state index in [1.54, 1.807) is 0 Å². The van der Waals surface area contributed by atoms with Crippen molar-refractivity contribution in [3.8, 4) is 6.07 Å². The van der Waals surface area contributed by atoms with E-state index in [0.29, 0.717) is 28.7 Å². The van der Waals surface area contributed by atoms with Crippen LogP contribution in [0, 0.1) is 11.3 Å². The minimum atomic E-state index is -0.192. The second kappa shape index (κ2) is 5.93. The topological polar surface area (TPSA) is 90.9 Å². The van der Waals surface area contributed by atoms with Crippen LogP contribution < -0.4 is 16.4 Å². The Kier molecular flexibility index (Phi) is 4.27. The third-order valence-corrected chi connectivity index (χ3v) is 4.37. The average molecular weight is 278 g/mol. The second-order valence-electron chi connectivity index (χ2n) is 4.69. The number of hydrogen-bond acceptors (Lipinski definition) is 5. The Morgan fingerprint density at radius 3 is 2.84 bits per heavy atom. The van der Waals surface area contributed by atoms with Gasteiger partial charge in [0.05, 0.1) is 5.69 Å². The van der Waals surface area contributed by atoms with Crippen molar-refractivity contribution >= 4 is 27.9 Å². The summed E-state index contributed by atoms with van der Waals surface area (Å²) in [6.45, 7) is 2.60. The maximum absolute atomic E-state index is 12.0. The Hall–Kier alpha value is -1.74. The second-order valence-corrected chi connectivity index (χ2v) is 5.71. The van der Waals surface area contributed by atoms with Crippen molar-refractivity contribution < 1.29 is 4.79 Å². The molecule has 1 aliphatic rings. The molecule has 0 unspecified atom stereocenters. The molecule has 1 heterocycles. The van der Waals surface area contributed by atoms with E-state index >= 15 is 0 Å². The van der Waals surface area contributed by atoms with Crippen LogP contribution in [0.1, 0.15) is 47.8 Å². The van der Waals surface area contributed by atoms with Crippen molar-refractivity contribution in [2.75, 3.05) is 17.6 Å². The summed E-state index contributed by atoms with van der Waals surface area (Å²) in [7, 11) is 0. The first kappa shape index (κ1) is 13.7. The summed E-state index contributed by atoms with van der Waals surface area (Å²) in [6.07, 6.45) is 4.31. The Bertz CT molecular complexity index is 513.